The van der Waals surface area contributed by atoms with E-state index in [2.05, 4.69) is 20.6 Å². The van der Waals surface area contributed by atoms with Crippen LogP contribution in [0.25, 0.3) is 16.7 Å². The Hall–Kier alpha value is -3.75. The Bertz CT molecular complexity index is 1250. The van der Waals surface area contributed by atoms with E-state index in [1.165, 1.54) is 6.07 Å². The maximum Gasteiger partial charge on any atom is 0.416 e. The number of hydrogen-bond acceptors (Lipinski definition) is 5. The van der Waals surface area contributed by atoms with E-state index >= 15 is 0 Å². The molecule has 0 aliphatic heterocycles. The molecule has 166 valence electrons. The summed E-state index contributed by atoms with van der Waals surface area (Å²) >= 11 is 0. The third-order valence-corrected chi connectivity index (χ3v) is 4.67. The minimum absolute atomic E-state index is 0.0431. The van der Waals surface area contributed by atoms with E-state index in [1.54, 1.807) is 29.9 Å². The number of aromatic nitrogens is 3. The first-order valence-electron chi connectivity index (χ1n) is 10.0. The maximum absolute atomic E-state index is 13.3. The first-order chi connectivity index (χ1) is 15.2. The number of anilines is 3. The molecule has 2 aromatic heterocycles. The number of pyridine rings is 1. The van der Waals surface area contributed by atoms with Crippen LogP contribution in [0, 0.1) is 0 Å². The van der Waals surface area contributed by atoms with Crippen molar-refractivity contribution >= 4 is 28.5 Å². The molecule has 0 saturated carbocycles. The molecule has 32 heavy (non-hydrogen) atoms. The SMILES string of the molecule is CNc1nc2cnc(Nc3cccc(OC(C)C)c3)cc2n1-c1cccc(C(F)(F)F)c1. The number of fused-ring (bicyclic) bond motifs is 1. The van der Waals surface area contributed by atoms with E-state index in [9.17, 15) is 13.2 Å². The summed E-state index contributed by atoms with van der Waals surface area (Å²) in [7, 11) is 1.66. The zero-order chi connectivity index (χ0) is 22.9. The van der Waals surface area contributed by atoms with Gasteiger partial charge in [0.15, 0.2) is 0 Å². The van der Waals surface area contributed by atoms with Gasteiger partial charge in [0, 0.05) is 30.6 Å². The quantitative estimate of drug-likeness (QED) is 0.384. The molecule has 0 fully saturated rings. The molecular weight excluding hydrogens is 419 g/mol. The molecule has 2 heterocycles. The summed E-state index contributed by atoms with van der Waals surface area (Å²) < 4.78 is 47.1. The van der Waals surface area contributed by atoms with Crippen molar-refractivity contribution in [3.63, 3.8) is 0 Å². The summed E-state index contributed by atoms with van der Waals surface area (Å²) in [6.45, 7) is 3.90. The van der Waals surface area contributed by atoms with Crippen molar-refractivity contribution in [2.75, 3.05) is 17.7 Å². The van der Waals surface area contributed by atoms with Gasteiger partial charge in [-0.1, -0.05) is 12.1 Å². The summed E-state index contributed by atoms with van der Waals surface area (Å²) in [5, 5.41) is 6.16. The van der Waals surface area contributed by atoms with Gasteiger partial charge in [-0.05, 0) is 44.2 Å². The number of ether oxygens (including phenoxy) is 1. The third kappa shape index (κ3) is 4.46. The summed E-state index contributed by atoms with van der Waals surface area (Å²) in [5.41, 5.74) is 1.55. The van der Waals surface area contributed by atoms with Gasteiger partial charge in [-0.25, -0.2) is 9.97 Å². The lowest BCUT2D eigenvalue weighted by atomic mass is 10.2. The second kappa shape index (κ2) is 8.41. The maximum atomic E-state index is 13.3. The van der Waals surface area contributed by atoms with Crippen molar-refractivity contribution in [1.29, 1.82) is 0 Å². The van der Waals surface area contributed by atoms with Crippen LogP contribution in [0.1, 0.15) is 19.4 Å². The van der Waals surface area contributed by atoms with Gasteiger partial charge in [0.2, 0.25) is 5.95 Å². The highest BCUT2D eigenvalue weighted by atomic mass is 19.4. The Balaban J connectivity index is 1.75. The topological polar surface area (TPSA) is 64.0 Å². The Morgan fingerprint density at radius 1 is 1.03 bits per heavy atom. The number of alkyl halides is 3. The second-order valence-corrected chi connectivity index (χ2v) is 7.45. The lowest BCUT2D eigenvalue weighted by molar-refractivity contribution is -0.137. The van der Waals surface area contributed by atoms with Gasteiger partial charge < -0.3 is 15.4 Å². The minimum Gasteiger partial charge on any atom is -0.491 e. The highest BCUT2D eigenvalue weighted by Crippen LogP contribution is 2.33. The predicted octanol–water partition coefficient (Wildman–Crippen LogP) is 6.01. The molecule has 0 aliphatic rings. The lowest BCUT2D eigenvalue weighted by Gasteiger charge is -2.13. The van der Waals surface area contributed by atoms with Crippen LogP contribution in [0.4, 0.5) is 30.6 Å². The molecule has 4 rings (SSSR count). The van der Waals surface area contributed by atoms with Gasteiger partial charge in [0.25, 0.3) is 0 Å². The lowest BCUT2D eigenvalue weighted by Crippen LogP contribution is -2.07. The normalized spacial score (nSPS) is 11.7. The molecular formula is C23H22F3N5O. The Kier molecular flexibility index (Phi) is 5.65. The largest absolute Gasteiger partial charge is 0.491 e. The minimum atomic E-state index is -4.44. The number of benzene rings is 2. The van der Waals surface area contributed by atoms with Crippen molar-refractivity contribution < 1.29 is 17.9 Å². The Morgan fingerprint density at radius 3 is 2.53 bits per heavy atom. The van der Waals surface area contributed by atoms with Gasteiger partial charge in [0.1, 0.15) is 17.1 Å². The van der Waals surface area contributed by atoms with E-state index in [0.717, 1.165) is 23.6 Å². The van der Waals surface area contributed by atoms with E-state index in [1.807, 2.05) is 38.1 Å². The van der Waals surface area contributed by atoms with Crippen LogP contribution in [-0.2, 0) is 6.18 Å². The molecule has 0 radical (unpaired) electrons. The first-order valence-corrected chi connectivity index (χ1v) is 10.0. The molecule has 0 atom stereocenters. The standard InChI is InChI=1S/C23H22F3N5O/c1-14(2)32-18-9-5-7-16(11-18)29-21-12-20-19(13-28-21)30-22(27-3)31(20)17-8-4-6-15(10-17)23(24,25)26/h4-14H,1-3H3,(H,27,30)(H,28,29). The van der Waals surface area contributed by atoms with Gasteiger partial charge in [-0.15, -0.1) is 0 Å². The molecule has 0 unspecified atom stereocenters. The fourth-order valence-electron chi connectivity index (χ4n) is 3.37. The fourth-order valence-corrected chi connectivity index (χ4v) is 3.37. The van der Waals surface area contributed by atoms with Crippen molar-refractivity contribution in [2.45, 2.75) is 26.1 Å². The van der Waals surface area contributed by atoms with Gasteiger partial charge in [-0.3, -0.25) is 4.57 Å². The number of hydrogen-bond donors (Lipinski definition) is 2. The summed E-state index contributed by atoms with van der Waals surface area (Å²) in [5.74, 6) is 1.65. The average molecular weight is 441 g/mol. The van der Waals surface area contributed by atoms with Crippen molar-refractivity contribution in [3.05, 3.63) is 66.4 Å². The highest BCUT2D eigenvalue weighted by molar-refractivity contribution is 5.83. The van der Waals surface area contributed by atoms with Crippen LogP contribution in [0.3, 0.4) is 0 Å². The molecule has 2 N–H and O–H groups in total. The molecule has 9 heteroatoms. The van der Waals surface area contributed by atoms with Crippen LogP contribution in [0.5, 0.6) is 5.75 Å². The van der Waals surface area contributed by atoms with Crippen LogP contribution in [-0.4, -0.2) is 27.7 Å². The van der Waals surface area contributed by atoms with E-state index in [0.29, 0.717) is 28.5 Å². The molecule has 0 bridgehead atoms. The Morgan fingerprint density at radius 2 is 1.81 bits per heavy atom. The molecule has 0 amide bonds. The van der Waals surface area contributed by atoms with Crippen molar-refractivity contribution in [1.82, 2.24) is 14.5 Å². The number of imidazole rings is 1. The van der Waals surface area contributed by atoms with Crippen molar-refractivity contribution in [3.8, 4) is 11.4 Å². The van der Waals surface area contributed by atoms with Crippen molar-refractivity contribution in [2.24, 2.45) is 0 Å². The predicted molar refractivity (Wildman–Crippen MR) is 119 cm³/mol. The van der Waals surface area contributed by atoms with E-state index in [-0.39, 0.29) is 6.10 Å². The Labute approximate surface area is 183 Å². The fraction of sp³-hybridized carbons (Fsp3) is 0.217. The van der Waals surface area contributed by atoms with Crippen LogP contribution in [0.15, 0.2) is 60.8 Å². The van der Waals surface area contributed by atoms with Gasteiger partial charge >= 0.3 is 6.18 Å². The average Bonchev–Trinajstić information content (AvgIpc) is 3.11. The third-order valence-electron chi connectivity index (χ3n) is 4.67. The van der Waals surface area contributed by atoms with Gasteiger partial charge in [0.05, 0.1) is 23.4 Å². The highest BCUT2D eigenvalue weighted by Gasteiger charge is 2.30. The molecule has 0 spiro atoms. The number of rotatable bonds is 6. The molecule has 2 aromatic carbocycles. The number of halogens is 3. The molecule has 0 saturated heterocycles. The molecule has 6 nitrogen and oxygen atoms in total. The van der Waals surface area contributed by atoms with Crippen LogP contribution in [0.2, 0.25) is 0 Å². The monoisotopic (exact) mass is 441 g/mol. The number of nitrogens with one attached hydrogen (secondary N) is 2. The first kappa shape index (κ1) is 21.5. The van der Waals surface area contributed by atoms with Crippen LogP contribution >= 0.6 is 0 Å². The summed E-state index contributed by atoms with van der Waals surface area (Å²) in [6.07, 6.45) is -2.82. The van der Waals surface area contributed by atoms with Crippen LogP contribution < -0.4 is 15.4 Å². The molecule has 0 aliphatic carbocycles. The molecule has 4 aromatic rings. The van der Waals surface area contributed by atoms with E-state index in [4.69, 9.17) is 4.74 Å². The zero-order valence-electron chi connectivity index (χ0n) is 17.7. The zero-order valence-corrected chi connectivity index (χ0v) is 17.7. The number of nitrogens with zero attached hydrogens (tertiary/aromatic N) is 3. The van der Waals surface area contributed by atoms with Gasteiger partial charge in [-0.2, -0.15) is 13.2 Å². The summed E-state index contributed by atoms with van der Waals surface area (Å²) in [6, 6.07) is 14.3. The second-order valence-electron chi connectivity index (χ2n) is 7.45. The smallest absolute Gasteiger partial charge is 0.416 e. The van der Waals surface area contributed by atoms with E-state index < -0.39 is 11.7 Å². The summed E-state index contributed by atoms with van der Waals surface area (Å²) in [4.78, 5) is 8.85.